The third-order valence-electron chi connectivity index (χ3n) is 2.78. The quantitative estimate of drug-likeness (QED) is 0.763. The fourth-order valence-electron chi connectivity index (χ4n) is 1.98. The van der Waals surface area contributed by atoms with Crippen molar-refractivity contribution in [1.82, 2.24) is 0 Å². The molecule has 2 aromatic rings. The molecule has 0 fully saturated rings. The number of alkyl halides is 2. The number of benzene rings is 2. The highest BCUT2D eigenvalue weighted by Crippen LogP contribution is 2.44. The van der Waals surface area contributed by atoms with Gasteiger partial charge >= 0.3 is 6.29 Å². The summed E-state index contributed by atoms with van der Waals surface area (Å²) in [6.07, 6.45) is -3.57. The van der Waals surface area contributed by atoms with Crippen LogP contribution in [0.2, 0.25) is 0 Å². The Kier molecular flexibility index (Phi) is 2.26. The minimum atomic E-state index is -3.57. The average Bonchev–Trinajstić information content (AvgIpc) is 2.62. The molecule has 0 aliphatic carbocycles. The standard InChI is InChI=1S/C14H9F2O2/c1-9-7-12-13(18-14(15,16)17-12)8-11(9)10-5-3-2-4-6-10/h3-8H,1H3. The van der Waals surface area contributed by atoms with Crippen LogP contribution in [0.1, 0.15) is 5.56 Å². The van der Waals surface area contributed by atoms with Crippen molar-refractivity contribution in [3.63, 3.8) is 0 Å². The summed E-state index contributed by atoms with van der Waals surface area (Å²) in [7, 11) is 0. The van der Waals surface area contributed by atoms with E-state index in [-0.39, 0.29) is 11.5 Å². The average molecular weight is 247 g/mol. The highest BCUT2D eigenvalue weighted by atomic mass is 19.3. The van der Waals surface area contributed by atoms with Crippen molar-refractivity contribution < 1.29 is 18.3 Å². The van der Waals surface area contributed by atoms with Crippen molar-refractivity contribution in [2.45, 2.75) is 13.2 Å². The van der Waals surface area contributed by atoms with Gasteiger partial charge in [-0.2, -0.15) is 0 Å². The van der Waals surface area contributed by atoms with Gasteiger partial charge in [-0.25, -0.2) is 0 Å². The second-order valence-electron chi connectivity index (χ2n) is 4.07. The van der Waals surface area contributed by atoms with Gasteiger partial charge in [-0.3, -0.25) is 0 Å². The summed E-state index contributed by atoms with van der Waals surface area (Å²) in [6.45, 7) is 1.84. The lowest BCUT2D eigenvalue weighted by Gasteiger charge is -2.06. The van der Waals surface area contributed by atoms with Gasteiger partial charge in [-0.15, -0.1) is 8.78 Å². The zero-order chi connectivity index (χ0) is 12.8. The predicted octanol–water partition coefficient (Wildman–Crippen LogP) is 3.78. The molecule has 0 atom stereocenters. The summed E-state index contributed by atoms with van der Waals surface area (Å²) in [5, 5.41) is 0. The molecule has 0 spiro atoms. The molecule has 0 N–H and O–H groups in total. The molecule has 0 saturated carbocycles. The molecule has 1 aliphatic rings. The Morgan fingerprint density at radius 1 is 1.06 bits per heavy atom. The van der Waals surface area contributed by atoms with E-state index >= 15 is 0 Å². The number of rotatable bonds is 1. The summed E-state index contributed by atoms with van der Waals surface area (Å²) in [4.78, 5) is 0. The molecule has 3 rings (SSSR count). The van der Waals surface area contributed by atoms with Crippen LogP contribution in [0.4, 0.5) is 8.78 Å². The van der Waals surface area contributed by atoms with E-state index in [1.165, 1.54) is 0 Å². The van der Waals surface area contributed by atoms with Gasteiger partial charge in [0.25, 0.3) is 0 Å². The molecule has 1 heterocycles. The van der Waals surface area contributed by atoms with Crippen molar-refractivity contribution in [3.8, 4) is 22.6 Å². The molecular formula is C14H9F2O2. The molecule has 0 saturated heterocycles. The van der Waals surface area contributed by atoms with Crippen molar-refractivity contribution in [2.75, 3.05) is 0 Å². The van der Waals surface area contributed by atoms with Crippen LogP contribution in [-0.2, 0) is 0 Å². The third-order valence-corrected chi connectivity index (χ3v) is 2.78. The first-order valence-corrected chi connectivity index (χ1v) is 5.42. The van der Waals surface area contributed by atoms with E-state index in [1.807, 2.05) is 19.1 Å². The van der Waals surface area contributed by atoms with Crippen LogP contribution in [0, 0.1) is 13.0 Å². The van der Waals surface area contributed by atoms with E-state index in [4.69, 9.17) is 0 Å². The lowest BCUT2D eigenvalue weighted by atomic mass is 10.00. The van der Waals surface area contributed by atoms with Gasteiger partial charge in [-0.1, -0.05) is 24.3 Å². The number of fused-ring (bicyclic) bond motifs is 1. The number of aryl methyl sites for hydroxylation is 1. The zero-order valence-electron chi connectivity index (χ0n) is 9.54. The second-order valence-corrected chi connectivity index (χ2v) is 4.07. The SMILES string of the molecule is Cc1cc2c(cc1-c1cc[c]cc1)OC(F)(F)O2. The van der Waals surface area contributed by atoms with Crippen molar-refractivity contribution in [3.05, 3.63) is 48.0 Å². The van der Waals surface area contributed by atoms with Crippen LogP contribution in [0.5, 0.6) is 11.5 Å². The van der Waals surface area contributed by atoms with Gasteiger partial charge in [-0.05, 0) is 41.8 Å². The second kappa shape index (κ2) is 3.70. The first-order valence-electron chi connectivity index (χ1n) is 5.42. The molecular weight excluding hydrogens is 238 g/mol. The minimum Gasteiger partial charge on any atom is -0.395 e. The largest absolute Gasteiger partial charge is 0.586 e. The molecule has 4 heteroatoms. The van der Waals surface area contributed by atoms with E-state index in [0.717, 1.165) is 16.7 Å². The van der Waals surface area contributed by atoms with E-state index < -0.39 is 6.29 Å². The molecule has 0 unspecified atom stereocenters. The van der Waals surface area contributed by atoms with Crippen LogP contribution in [0.25, 0.3) is 11.1 Å². The van der Waals surface area contributed by atoms with Crippen LogP contribution in [0.3, 0.4) is 0 Å². The Morgan fingerprint density at radius 3 is 2.33 bits per heavy atom. The highest BCUT2D eigenvalue weighted by molar-refractivity contribution is 5.71. The van der Waals surface area contributed by atoms with Crippen LogP contribution in [0.15, 0.2) is 36.4 Å². The molecule has 1 aliphatic heterocycles. The highest BCUT2D eigenvalue weighted by Gasteiger charge is 2.43. The molecule has 0 aromatic heterocycles. The van der Waals surface area contributed by atoms with E-state index in [0.29, 0.717) is 0 Å². The van der Waals surface area contributed by atoms with Gasteiger partial charge in [0, 0.05) is 0 Å². The summed E-state index contributed by atoms with van der Waals surface area (Å²) in [6, 6.07) is 13.3. The van der Waals surface area contributed by atoms with Crippen LogP contribution < -0.4 is 9.47 Å². The predicted molar refractivity (Wildman–Crippen MR) is 61.7 cm³/mol. The van der Waals surface area contributed by atoms with Crippen LogP contribution in [-0.4, -0.2) is 6.29 Å². The summed E-state index contributed by atoms with van der Waals surface area (Å²) in [5.41, 5.74) is 2.61. The first kappa shape index (κ1) is 11.0. The fraction of sp³-hybridized carbons (Fsp3) is 0.143. The molecule has 2 aromatic carbocycles. The maximum Gasteiger partial charge on any atom is 0.586 e. The van der Waals surface area contributed by atoms with Crippen molar-refractivity contribution >= 4 is 0 Å². The molecule has 91 valence electrons. The van der Waals surface area contributed by atoms with Gasteiger partial charge in [0.05, 0.1) is 0 Å². The van der Waals surface area contributed by atoms with Gasteiger partial charge in [0.15, 0.2) is 11.5 Å². The van der Waals surface area contributed by atoms with Gasteiger partial charge < -0.3 is 9.47 Å². The lowest BCUT2D eigenvalue weighted by molar-refractivity contribution is -0.286. The Hall–Kier alpha value is -2.10. The minimum absolute atomic E-state index is 0.0634. The van der Waals surface area contributed by atoms with Crippen LogP contribution >= 0.6 is 0 Å². The Balaban J connectivity index is 2.10. The van der Waals surface area contributed by atoms with Crippen molar-refractivity contribution in [1.29, 1.82) is 0 Å². The fourth-order valence-corrected chi connectivity index (χ4v) is 1.98. The molecule has 2 nitrogen and oxygen atoms in total. The van der Waals surface area contributed by atoms with E-state index in [1.54, 1.807) is 24.3 Å². The summed E-state index contributed by atoms with van der Waals surface area (Å²) in [5.74, 6) is 0.136. The molecule has 18 heavy (non-hydrogen) atoms. The maximum absolute atomic E-state index is 13.0. The monoisotopic (exact) mass is 247 g/mol. The lowest BCUT2D eigenvalue weighted by Crippen LogP contribution is -2.25. The molecule has 0 bridgehead atoms. The smallest absolute Gasteiger partial charge is 0.395 e. The van der Waals surface area contributed by atoms with Gasteiger partial charge in [0.1, 0.15) is 0 Å². The summed E-state index contributed by atoms with van der Waals surface area (Å²) >= 11 is 0. The van der Waals surface area contributed by atoms with Gasteiger partial charge in [0.2, 0.25) is 0 Å². The van der Waals surface area contributed by atoms with E-state index in [9.17, 15) is 8.78 Å². The number of hydrogen-bond donors (Lipinski definition) is 0. The van der Waals surface area contributed by atoms with E-state index in [2.05, 4.69) is 15.5 Å². The third kappa shape index (κ3) is 1.79. The molecule has 0 amide bonds. The summed E-state index contributed by atoms with van der Waals surface area (Å²) < 4.78 is 34.8. The number of ether oxygens (including phenoxy) is 2. The van der Waals surface area contributed by atoms with Crippen molar-refractivity contribution in [2.24, 2.45) is 0 Å². The normalized spacial score (nSPS) is 15.7. The number of hydrogen-bond acceptors (Lipinski definition) is 2. The molecule has 1 radical (unpaired) electrons. The Labute approximate surface area is 103 Å². The zero-order valence-corrected chi connectivity index (χ0v) is 9.54. The maximum atomic E-state index is 13.0. The Bertz CT molecular complexity index is 594. The first-order chi connectivity index (χ1) is 8.55. The topological polar surface area (TPSA) is 18.5 Å². The Morgan fingerprint density at radius 2 is 1.67 bits per heavy atom. The number of halogens is 2.